The van der Waals surface area contributed by atoms with E-state index >= 15 is 0 Å². The van der Waals surface area contributed by atoms with Gasteiger partial charge in [-0.3, -0.25) is 9.59 Å². The number of nitrogens with two attached hydrogens (primary N) is 1. The normalized spacial score (nSPS) is 20.1. The Kier molecular flexibility index (Phi) is 5.30. The number of hydrogen-bond acceptors (Lipinski definition) is 6. The number of sulfonamides is 1. The van der Waals surface area contributed by atoms with Crippen molar-refractivity contribution in [1.29, 1.82) is 0 Å². The van der Waals surface area contributed by atoms with Gasteiger partial charge in [0.2, 0.25) is 5.91 Å². The molecule has 28 heavy (non-hydrogen) atoms. The average molecular weight is 440 g/mol. The van der Waals surface area contributed by atoms with Crippen LogP contribution in [0.4, 0.5) is 5.00 Å². The van der Waals surface area contributed by atoms with Gasteiger partial charge in [-0.15, -0.1) is 22.7 Å². The SMILES string of the molecule is NC(=O)c1c(NC(=O)[C@@H]2CCCN2S(=O)(=O)c2cccs2)sc2c1CCCC2. The van der Waals surface area contributed by atoms with Gasteiger partial charge in [0, 0.05) is 11.4 Å². The number of primary amides is 1. The first-order valence-electron chi connectivity index (χ1n) is 9.20. The minimum Gasteiger partial charge on any atom is -0.365 e. The van der Waals surface area contributed by atoms with Gasteiger partial charge in [0.15, 0.2) is 0 Å². The van der Waals surface area contributed by atoms with E-state index in [9.17, 15) is 18.0 Å². The van der Waals surface area contributed by atoms with Gasteiger partial charge in [0.25, 0.3) is 15.9 Å². The van der Waals surface area contributed by atoms with E-state index in [1.807, 2.05) is 0 Å². The molecule has 3 N–H and O–H groups in total. The quantitative estimate of drug-likeness (QED) is 0.746. The monoisotopic (exact) mass is 439 g/mol. The van der Waals surface area contributed by atoms with Crippen molar-refractivity contribution < 1.29 is 18.0 Å². The Morgan fingerprint density at radius 3 is 2.71 bits per heavy atom. The lowest BCUT2D eigenvalue weighted by Crippen LogP contribution is -2.43. The van der Waals surface area contributed by atoms with E-state index in [1.54, 1.807) is 17.5 Å². The van der Waals surface area contributed by atoms with Crippen molar-refractivity contribution in [3.05, 3.63) is 33.5 Å². The van der Waals surface area contributed by atoms with Crippen molar-refractivity contribution in [3.63, 3.8) is 0 Å². The van der Waals surface area contributed by atoms with Crippen LogP contribution in [-0.2, 0) is 27.7 Å². The zero-order valence-corrected chi connectivity index (χ0v) is 17.6. The van der Waals surface area contributed by atoms with Gasteiger partial charge in [-0.2, -0.15) is 4.31 Å². The van der Waals surface area contributed by atoms with E-state index in [-0.39, 0.29) is 4.21 Å². The van der Waals surface area contributed by atoms with Crippen LogP contribution in [0.15, 0.2) is 21.7 Å². The molecular weight excluding hydrogens is 418 g/mol. The number of nitrogens with one attached hydrogen (secondary N) is 1. The summed E-state index contributed by atoms with van der Waals surface area (Å²) in [6.07, 6.45) is 4.77. The molecule has 1 saturated heterocycles. The summed E-state index contributed by atoms with van der Waals surface area (Å²) in [4.78, 5) is 26.1. The number of fused-ring (bicyclic) bond motifs is 1. The molecule has 4 rings (SSSR count). The van der Waals surface area contributed by atoms with Crippen LogP contribution in [0, 0.1) is 0 Å². The van der Waals surface area contributed by atoms with Crippen LogP contribution in [0.5, 0.6) is 0 Å². The Labute approximate surface area is 171 Å². The van der Waals surface area contributed by atoms with Gasteiger partial charge >= 0.3 is 0 Å². The predicted molar refractivity (Wildman–Crippen MR) is 109 cm³/mol. The first kappa shape index (κ1) is 19.6. The van der Waals surface area contributed by atoms with Crippen LogP contribution in [0.2, 0.25) is 0 Å². The Balaban J connectivity index is 1.60. The highest BCUT2D eigenvalue weighted by Crippen LogP contribution is 2.38. The molecule has 2 aliphatic rings. The van der Waals surface area contributed by atoms with Crippen LogP contribution in [-0.4, -0.2) is 37.1 Å². The van der Waals surface area contributed by atoms with Crippen LogP contribution in [0.1, 0.15) is 46.5 Å². The number of rotatable bonds is 5. The van der Waals surface area contributed by atoms with Gasteiger partial charge in [-0.1, -0.05) is 6.07 Å². The van der Waals surface area contributed by atoms with Crippen molar-refractivity contribution in [2.75, 3.05) is 11.9 Å². The highest BCUT2D eigenvalue weighted by Gasteiger charge is 2.40. The third kappa shape index (κ3) is 3.38. The molecule has 10 heteroatoms. The number of hydrogen-bond donors (Lipinski definition) is 2. The van der Waals surface area contributed by atoms with E-state index < -0.39 is 27.9 Å². The van der Waals surface area contributed by atoms with E-state index in [1.165, 1.54) is 15.6 Å². The summed E-state index contributed by atoms with van der Waals surface area (Å²) in [6, 6.07) is 2.44. The standard InChI is InChI=1S/C18H21N3O4S3/c19-16(22)15-11-5-1-2-7-13(11)27-18(15)20-17(23)12-6-3-9-21(12)28(24,25)14-8-4-10-26-14/h4,8,10,12H,1-3,5-7,9H2,(H2,19,22)(H,20,23)/t12-/m0/s1. The molecule has 2 amide bonds. The highest BCUT2D eigenvalue weighted by atomic mass is 32.2. The summed E-state index contributed by atoms with van der Waals surface area (Å²) in [5.74, 6) is -0.956. The maximum absolute atomic E-state index is 13.0. The summed E-state index contributed by atoms with van der Waals surface area (Å²) in [5, 5.41) is 4.97. The molecule has 0 bridgehead atoms. The number of anilines is 1. The second-order valence-corrected chi connectivity index (χ2v) is 11.1. The molecule has 2 aromatic heterocycles. The van der Waals surface area contributed by atoms with E-state index in [0.717, 1.165) is 47.5 Å². The number of amides is 2. The van der Waals surface area contributed by atoms with Crippen molar-refractivity contribution in [2.24, 2.45) is 5.73 Å². The minimum absolute atomic E-state index is 0.233. The third-order valence-electron chi connectivity index (χ3n) is 5.22. The Morgan fingerprint density at radius 2 is 2.00 bits per heavy atom. The zero-order valence-electron chi connectivity index (χ0n) is 15.1. The van der Waals surface area contributed by atoms with Gasteiger partial charge < -0.3 is 11.1 Å². The lowest BCUT2D eigenvalue weighted by atomic mass is 9.95. The van der Waals surface area contributed by atoms with Crippen molar-refractivity contribution in [2.45, 2.75) is 48.8 Å². The first-order chi connectivity index (χ1) is 13.4. The molecule has 7 nitrogen and oxygen atoms in total. The van der Waals surface area contributed by atoms with Gasteiger partial charge in [0.1, 0.15) is 15.3 Å². The Bertz CT molecular complexity index is 1010. The molecule has 1 fully saturated rings. The first-order valence-corrected chi connectivity index (χ1v) is 12.3. The smallest absolute Gasteiger partial charge is 0.253 e. The van der Waals surface area contributed by atoms with Crippen LogP contribution in [0.3, 0.4) is 0 Å². The molecule has 2 aromatic rings. The lowest BCUT2D eigenvalue weighted by Gasteiger charge is -2.22. The summed E-state index contributed by atoms with van der Waals surface area (Å²) >= 11 is 2.52. The molecule has 0 saturated carbocycles. The van der Waals surface area contributed by atoms with Crippen LogP contribution >= 0.6 is 22.7 Å². The van der Waals surface area contributed by atoms with Crippen molar-refractivity contribution in [3.8, 4) is 0 Å². The molecule has 0 spiro atoms. The van der Waals surface area contributed by atoms with E-state index in [4.69, 9.17) is 5.73 Å². The average Bonchev–Trinajstić information content (AvgIpc) is 3.39. The van der Waals surface area contributed by atoms with Gasteiger partial charge in [0.05, 0.1) is 5.56 Å². The molecule has 3 heterocycles. The number of carbonyl (C=O) groups excluding carboxylic acids is 2. The predicted octanol–water partition coefficient (Wildman–Crippen LogP) is 2.58. The summed E-state index contributed by atoms with van der Waals surface area (Å²) in [6.45, 7) is 0.307. The number of aryl methyl sites for hydroxylation is 1. The van der Waals surface area contributed by atoms with E-state index in [2.05, 4.69) is 5.32 Å². The second kappa shape index (κ2) is 7.58. The van der Waals surface area contributed by atoms with Crippen LogP contribution in [0.25, 0.3) is 0 Å². The fourth-order valence-electron chi connectivity index (χ4n) is 3.93. The fourth-order valence-corrected chi connectivity index (χ4v) is 8.00. The van der Waals surface area contributed by atoms with Crippen molar-refractivity contribution >= 4 is 49.5 Å². The molecule has 1 atom stereocenters. The van der Waals surface area contributed by atoms with Crippen molar-refractivity contribution in [1.82, 2.24) is 4.31 Å². The Morgan fingerprint density at radius 1 is 1.21 bits per heavy atom. The summed E-state index contributed by atoms with van der Waals surface area (Å²) < 4.78 is 27.3. The topological polar surface area (TPSA) is 110 Å². The molecule has 1 aliphatic heterocycles. The highest BCUT2D eigenvalue weighted by molar-refractivity contribution is 7.91. The Hall–Kier alpha value is -1.75. The number of thiophene rings is 2. The number of carbonyl (C=O) groups is 2. The van der Waals surface area contributed by atoms with E-state index in [0.29, 0.717) is 30.0 Å². The molecule has 1 aliphatic carbocycles. The largest absolute Gasteiger partial charge is 0.365 e. The molecule has 0 unspecified atom stereocenters. The minimum atomic E-state index is -3.71. The number of nitrogens with zero attached hydrogens (tertiary/aromatic N) is 1. The summed E-state index contributed by atoms with van der Waals surface area (Å²) in [5.41, 5.74) is 6.91. The maximum Gasteiger partial charge on any atom is 0.253 e. The molecule has 150 valence electrons. The molecule has 0 aromatic carbocycles. The van der Waals surface area contributed by atoms with Gasteiger partial charge in [-0.25, -0.2) is 8.42 Å². The third-order valence-corrected chi connectivity index (χ3v) is 9.71. The molecular formula is C18H21N3O4S3. The summed E-state index contributed by atoms with van der Waals surface area (Å²) in [7, 11) is -3.71. The maximum atomic E-state index is 13.0. The van der Waals surface area contributed by atoms with Gasteiger partial charge in [-0.05, 0) is 55.5 Å². The molecule has 0 radical (unpaired) electrons. The zero-order chi connectivity index (χ0) is 19.9. The second-order valence-electron chi connectivity index (χ2n) is 6.97. The van der Waals surface area contributed by atoms with Crippen LogP contribution < -0.4 is 11.1 Å². The lowest BCUT2D eigenvalue weighted by molar-refractivity contribution is -0.119. The fraction of sp³-hybridized carbons (Fsp3) is 0.444.